The molecule has 0 radical (unpaired) electrons. The van der Waals surface area contributed by atoms with Crippen LogP contribution in [0.15, 0.2) is 30.3 Å². The topological polar surface area (TPSA) is 29.5 Å². The Morgan fingerprint density at radius 1 is 1.16 bits per heavy atom. The molecule has 0 spiro atoms. The van der Waals surface area contributed by atoms with Gasteiger partial charge in [0.1, 0.15) is 5.75 Å². The van der Waals surface area contributed by atoms with E-state index in [1.165, 1.54) is 0 Å². The predicted molar refractivity (Wildman–Crippen MR) is 68.5 cm³/mol. The Labute approximate surface area is 114 Å². The molecule has 0 fully saturated rings. The molecule has 1 N–H and O–H groups in total. The molecule has 0 saturated heterocycles. The van der Waals surface area contributed by atoms with Gasteiger partial charge in [-0.15, -0.1) is 0 Å². The third-order valence-corrected chi connectivity index (χ3v) is 2.85. The molecule has 0 unspecified atom stereocenters. The van der Waals surface area contributed by atoms with Gasteiger partial charge in [-0.05, 0) is 42.3 Å². The average molecular weight is 285 g/mol. The van der Waals surface area contributed by atoms with Gasteiger partial charge in [-0.3, -0.25) is 0 Å². The van der Waals surface area contributed by atoms with Crippen molar-refractivity contribution >= 4 is 11.6 Å². The van der Waals surface area contributed by atoms with E-state index in [1.54, 1.807) is 18.2 Å². The van der Waals surface area contributed by atoms with E-state index in [0.717, 1.165) is 17.7 Å². The lowest BCUT2D eigenvalue weighted by Gasteiger charge is -2.11. The number of benzene rings is 2. The summed E-state index contributed by atoms with van der Waals surface area (Å²) in [6.07, 6.45) is 0. The van der Waals surface area contributed by atoms with E-state index >= 15 is 0 Å². The zero-order valence-electron chi connectivity index (χ0n) is 10.1. The van der Waals surface area contributed by atoms with Crippen molar-refractivity contribution in [3.63, 3.8) is 0 Å². The van der Waals surface area contributed by atoms with Gasteiger partial charge in [-0.2, -0.15) is 0 Å². The molecule has 0 heterocycles. The zero-order chi connectivity index (χ0) is 14.0. The summed E-state index contributed by atoms with van der Waals surface area (Å²) < 4.78 is 32.6. The van der Waals surface area contributed by atoms with E-state index in [1.807, 2.05) is 6.92 Å². The minimum Gasteiger partial charge on any atom is -0.450 e. The van der Waals surface area contributed by atoms with Crippen LogP contribution in [0.25, 0.3) is 0 Å². The Morgan fingerprint density at radius 2 is 1.79 bits per heavy atom. The molecule has 5 heteroatoms. The second kappa shape index (κ2) is 5.55. The summed E-state index contributed by atoms with van der Waals surface area (Å²) in [5.41, 5.74) is 0.991. The SMILES string of the molecule is Cc1ccc(Cl)c(Oc2c(F)cc(CO)cc2F)c1. The number of halogens is 3. The quantitative estimate of drug-likeness (QED) is 0.915. The predicted octanol–water partition coefficient (Wildman–Crippen LogP) is 4.21. The first-order valence-corrected chi connectivity index (χ1v) is 5.92. The lowest BCUT2D eigenvalue weighted by Crippen LogP contribution is -1.96. The zero-order valence-corrected chi connectivity index (χ0v) is 10.8. The van der Waals surface area contributed by atoms with E-state index < -0.39 is 24.0 Å². The molecule has 0 amide bonds. The summed E-state index contributed by atoms with van der Waals surface area (Å²) in [7, 11) is 0. The van der Waals surface area contributed by atoms with E-state index in [0.29, 0.717) is 0 Å². The van der Waals surface area contributed by atoms with Crippen molar-refractivity contribution in [2.24, 2.45) is 0 Å². The molecule has 0 aliphatic carbocycles. The monoisotopic (exact) mass is 284 g/mol. The Balaban J connectivity index is 2.41. The largest absolute Gasteiger partial charge is 0.450 e. The highest BCUT2D eigenvalue weighted by Gasteiger charge is 2.15. The van der Waals surface area contributed by atoms with Gasteiger partial charge in [-0.1, -0.05) is 17.7 Å². The van der Waals surface area contributed by atoms with Gasteiger partial charge >= 0.3 is 0 Å². The molecule has 2 aromatic rings. The average Bonchev–Trinajstić information content (AvgIpc) is 2.37. The molecule has 0 bridgehead atoms. The Hall–Kier alpha value is -1.65. The summed E-state index contributed by atoms with van der Waals surface area (Å²) in [6.45, 7) is 1.37. The van der Waals surface area contributed by atoms with Crippen LogP contribution in [0.4, 0.5) is 8.78 Å². The molecule has 0 atom stereocenters. The molecule has 19 heavy (non-hydrogen) atoms. The molecule has 100 valence electrons. The standard InChI is InChI=1S/C14H11ClF2O2/c1-8-2-3-10(15)13(4-8)19-14-11(16)5-9(7-18)6-12(14)17/h2-6,18H,7H2,1H3. The maximum absolute atomic E-state index is 13.7. The van der Waals surface area contributed by atoms with Gasteiger partial charge in [0.15, 0.2) is 17.4 Å². The normalized spacial score (nSPS) is 10.6. The van der Waals surface area contributed by atoms with Gasteiger partial charge in [-0.25, -0.2) is 8.78 Å². The van der Waals surface area contributed by atoms with Gasteiger partial charge in [0.25, 0.3) is 0 Å². The molecule has 0 aromatic heterocycles. The first-order valence-electron chi connectivity index (χ1n) is 5.54. The van der Waals surface area contributed by atoms with E-state index in [4.69, 9.17) is 21.4 Å². The minimum atomic E-state index is -0.887. The highest BCUT2D eigenvalue weighted by Crippen LogP contribution is 2.33. The second-order valence-electron chi connectivity index (χ2n) is 4.08. The number of aryl methyl sites for hydroxylation is 1. The Bertz CT molecular complexity index is 591. The first kappa shape index (κ1) is 13.8. The van der Waals surface area contributed by atoms with Crippen LogP contribution in [0, 0.1) is 18.6 Å². The number of aliphatic hydroxyl groups excluding tert-OH is 1. The summed E-state index contributed by atoms with van der Waals surface area (Å²) in [6, 6.07) is 6.96. The fourth-order valence-electron chi connectivity index (χ4n) is 1.60. The Kier molecular flexibility index (Phi) is 4.02. The van der Waals surface area contributed by atoms with Crippen LogP contribution >= 0.6 is 11.6 Å². The molecule has 0 saturated carbocycles. The highest BCUT2D eigenvalue weighted by molar-refractivity contribution is 6.32. The molecule has 0 aliphatic heterocycles. The van der Waals surface area contributed by atoms with Crippen molar-refractivity contribution in [2.45, 2.75) is 13.5 Å². The molecule has 2 rings (SSSR count). The van der Waals surface area contributed by atoms with E-state index in [2.05, 4.69) is 0 Å². The fourth-order valence-corrected chi connectivity index (χ4v) is 1.76. The van der Waals surface area contributed by atoms with Crippen molar-refractivity contribution in [1.29, 1.82) is 0 Å². The van der Waals surface area contributed by atoms with Crippen LogP contribution in [0.2, 0.25) is 5.02 Å². The van der Waals surface area contributed by atoms with Crippen molar-refractivity contribution in [2.75, 3.05) is 0 Å². The maximum atomic E-state index is 13.7. The van der Waals surface area contributed by atoms with Crippen molar-refractivity contribution < 1.29 is 18.6 Å². The molecule has 0 aliphatic rings. The smallest absolute Gasteiger partial charge is 0.198 e. The molecule has 2 nitrogen and oxygen atoms in total. The summed E-state index contributed by atoms with van der Waals surface area (Å²) in [4.78, 5) is 0. The van der Waals surface area contributed by atoms with Crippen LogP contribution in [-0.4, -0.2) is 5.11 Å². The minimum absolute atomic E-state index is 0.137. The number of aliphatic hydroxyl groups is 1. The van der Waals surface area contributed by atoms with Crippen LogP contribution in [-0.2, 0) is 6.61 Å². The third kappa shape index (κ3) is 3.03. The van der Waals surface area contributed by atoms with Gasteiger partial charge in [0.2, 0.25) is 0 Å². The lowest BCUT2D eigenvalue weighted by atomic mass is 10.2. The fraction of sp³-hybridized carbons (Fsp3) is 0.143. The number of hydrogen-bond acceptors (Lipinski definition) is 2. The summed E-state index contributed by atoms with van der Waals surface area (Å²) in [5, 5.41) is 9.11. The molecule has 2 aromatic carbocycles. The maximum Gasteiger partial charge on any atom is 0.198 e. The van der Waals surface area contributed by atoms with Gasteiger partial charge in [0.05, 0.1) is 11.6 Å². The number of ether oxygens (including phenoxy) is 1. The van der Waals surface area contributed by atoms with E-state index in [-0.39, 0.29) is 16.3 Å². The van der Waals surface area contributed by atoms with Crippen LogP contribution in [0.3, 0.4) is 0 Å². The van der Waals surface area contributed by atoms with Crippen LogP contribution in [0.1, 0.15) is 11.1 Å². The van der Waals surface area contributed by atoms with Crippen LogP contribution in [0.5, 0.6) is 11.5 Å². The summed E-state index contributed by atoms with van der Waals surface area (Å²) >= 11 is 5.90. The van der Waals surface area contributed by atoms with Crippen LogP contribution < -0.4 is 4.74 Å². The highest BCUT2D eigenvalue weighted by atomic mass is 35.5. The first-order chi connectivity index (χ1) is 9.01. The molecular weight excluding hydrogens is 274 g/mol. The van der Waals surface area contributed by atoms with Gasteiger partial charge < -0.3 is 9.84 Å². The lowest BCUT2D eigenvalue weighted by molar-refractivity contribution is 0.279. The number of rotatable bonds is 3. The molecular formula is C14H11ClF2O2. The Morgan fingerprint density at radius 3 is 2.37 bits per heavy atom. The summed E-state index contributed by atoms with van der Waals surface area (Å²) in [5.74, 6) is -2.14. The van der Waals surface area contributed by atoms with E-state index in [9.17, 15) is 8.78 Å². The second-order valence-corrected chi connectivity index (χ2v) is 4.49. The number of hydrogen-bond donors (Lipinski definition) is 1. The van der Waals surface area contributed by atoms with Crippen molar-refractivity contribution in [3.05, 3.63) is 58.1 Å². The van der Waals surface area contributed by atoms with Crippen molar-refractivity contribution in [1.82, 2.24) is 0 Å². The third-order valence-electron chi connectivity index (χ3n) is 2.54. The van der Waals surface area contributed by atoms with Gasteiger partial charge in [0, 0.05) is 0 Å². The van der Waals surface area contributed by atoms with Crippen molar-refractivity contribution in [3.8, 4) is 11.5 Å².